The molecule has 1 fully saturated rings. The van der Waals surface area contributed by atoms with Crippen LogP contribution in [0.1, 0.15) is 37.0 Å². The molecule has 5 nitrogen and oxygen atoms in total. The van der Waals surface area contributed by atoms with Crippen LogP contribution >= 0.6 is 0 Å². The molecule has 1 amide bonds. The summed E-state index contributed by atoms with van der Waals surface area (Å²) >= 11 is 0. The second-order valence-electron chi connectivity index (χ2n) is 7.78. The molecule has 4 rings (SSSR count). The van der Waals surface area contributed by atoms with Gasteiger partial charge in [0.1, 0.15) is 6.10 Å². The number of cyclic esters (lactones) is 1. The SMILES string of the molecule is C[C@@H](C1=CC=C(c2ccn(C)c(=O)c2)C=CC1)N1CC[C@H](c2ccccc2)OC1=O. The first-order valence-corrected chi connectivity index (χ1v) is 10.3. The van der Waals surface area contributed by atoms with E-state index in [2.05, 4.69) is 12.2 Å². The van der Waals surface area contributed by atoms with Crippen molar-refractivity contribution in [3.63, 3.8) is 0 Å². The second-order valence-corrected chi connectivity index (χ2v) is 7.78. The van der Waals surface area contributed by atoms with Crippen LogP contribution in [-0.2, 0) is 11.8 Å². The van der Waals surface area contributed by atoms with Gasteiger partial charge in [0.05, 0.1) is 6.04 Å². The minimum Gasteiger partial charge on any atom is -0.441 e. The molecule has 0 N–H and O–H groups in total. The van der Waals surface area contributed by atoms with Gasteiger partial charge in [-0.1, -0.05) is 54.6 Å². The molecule has 1 aliphatic heterocycles. The molecule has 1 saturated heterocycles. The lowest BCUT2D eigenvalue weighted by Gasteiger charge is -2.36. The summed E-state index contributed by atoms with van der Waals surface area (Å²) in [5.74, 6) is 0. The van der Waals surface area contributed by atoms with Crippen LogP contribution in [0.2, 0.25) is 0 Å². The number of carbonyl (C=O) groups excluding carboxylic acids is 1. The Labute approximate surface area is 176 Å². The number of benzene rings is 1. The third-order valence-electron chi connectivity index (χ3n) is 5.85. The van der Waals surface area contributed by atoms with Crippen LogP contribution in [0.4, 0.5) is 4.79 Å². The van der Waals surface area contributed by atoms with Crippen LogP contribution in [-0.4, -0.2) is 28.1 Å². The Kier molecular flexibility index (Phi) is 5.70. The first-order valence-electron chi connectivity index (χ1n) is 10.3. The molecule has 1 aliphatic carbocycles. The third kappa shape index (κ3) is 4.15. The number of nitrogens with zero attached hydrogens (tertiary/aromatic N) is 2. The van der Waals surface area contributed by atoms with Gasteiger partial charge in [0.2, 0.25) is 0 Å². The normalized spacial score (nSPS) is 20.1. The fourth-order valence-electron chi connectivity index (χ4n) is 3.92. The summed E-state index contributed by atoms with van der Waals surface area (Å²) in [7, 11) is 1.74. The second kappa shape index (κ2) is 8.57. The van der Waals surface area contributed by atoms with Crippen LogP contribution in [0.3, 0.4) is 0 Å². The van der Waals surface area contributed by atoms with Crippen LogP contribution in [0.15, 0.2) is 83.3 Å². The first-order chi connectivity index (χ1) is 14.5. The smallest absolute Gasteiger partial charge is 0.410 e. The number of allylic oxidation sites excluding steroid dienone is 5. The van der Waals surface area contributed by atoms with Crippen LogP contribution in [0.25, 0.3) is 5.57 Å². The number of aryl methyl sites for hydroxylation is 1. The number of ether oxygens (including phenoxy) is 1. The molecule has 30 heavy (non-hydrogen) atoms. The van der Waals surface area contributed by atoms with E-state index < -0.39 is 0 Å². The van der Waals surface area contributed by atoms with Crippen molar-refractivity contribution < 1.29 is 9.53 Å². The van der Waals surface area contributed by atoms with Gasteiger partial charge in [-0.2, -0.15) is 0 Å². The summed E-state index contributed by atoms with van der Waals surface area (Å²) in [5, 5.41) is 0. The van der Waals surface area contributed by atoms with Crippen LogP contribution in [0, 0.1) is 0 Å². The topological polar surface area (TPSA) is 51.5 Å². The van der Waals surface area contributed by atoms with Crippen molar-refractivity contribution in [2.24, 2.45) is 7.05 Å². The van der Waals surface area contributed by atoms with E-state index in [9.17, 15) is 9.59 Å². The molecule has 0 unspecified atom stereocenters. The van der Waals surface area contributed by atoms with Crippen molar-refractivity contribution in [2.45, 2.75) is 31.9 Å². The van der Waals surface area contributed by atoms with Crippen molar-refractivity contribution in [1.82, 2.24) is 9.47 Å². The van der Waals surface area contributed by atoms with Crippen molar-refractivity contribution in [3.8, 4) is 0 Å². The first kappa shape index (κ1) is 20.0. The summed E-state index contributed by atoms with van der Waals surface area (Å²) in [5.41, 5.74) is 4.02. The molecular formula is C25H26N2O3. The van der Waals surface area contributed by atoms with Crippen molar-refractivity contribution in [1.29, 1.82) is 0 Å². The Bertz CT molecular complexity index is 1080. The molecule has 0 radical (unpaired) electrons. The maximum absolute atomic E-state index is 12.7. The van der Waals surface area contributed by atoms with Gasteiger partial charge in [0, 0.05) is 32.3 Å². The fourth-order valence-corrected chi connectivity index (χ4v) is 3.92. The molecular weight excluding hydrogens is 376 g/mol. The lowest BCUT2D eigenvalue weighted by atomic mass is 10.0. The molecule has 1 aromatic carbocycles. The highest BCUT2D eigenvalue weighted by Crippen LogP contribution is 2.30. The molecule has 0 spiro atoms. The van der Waals surface area contributed by atoms with Gasteiger partial charge in [0.25, 0.3) is 5.56 Å². The molecule has 2 heterocycles. The zero-order valence-corrected chi connectivity index (χ0v) is 17.3. The van der Waals surface area contributed by atoms with Crippen molar-refractivity contribution in [3.05, 3.63) is 100 Å². The summed E-state index contributed by atoms with van der Waals surface area (Å²) in [6, 6.07) is 13.4. The van der Waals surface area contributed by atoms with Gasteiger partial charge in [-0.3, -0.25) is 4.79 Å². The van der Waals surface area contributed by atoms with E-state index in [0.29, 0.717) is 6.54 Å². The highest BCUT2D eigenvalue weighted by molar-refractivity contribution is 5.76. The molecule has 5 heteroatoms. The number of carbonyl (C=O) groups is 1. The lowest BCUT2D eigenvalue weighted by Crippen LogP contribution is -2.45. The average molecular weight is 402 g/mol. The minimum atomic E-state index is -0.271. The molecule has 2 atom stereocenters. The van der Waals surface area contributed by atoms with Gasteiger partial charge >= 0.3 is 6.09 Å². The Morgan fingerprint density at radius 3 is 2.63 bits per heavy atom. The average Bonchev–Trinajstić information content (AvgIpc) is 3.02. The molecule has 0 bridgehead atoms. The standard InChI is InChI=1S/C25H26N2O3/c1-18(27-16-14-23(30-25(27)29)21-7-4-3-5-8-21)19-9-6-10-20(12-11-19)22-13-15-26(2)24(28)17-22/h3-8,10-13,15,17-18,23H,9,14,16H2,1-2H3/t18-,23+/m0/s1. The molecule has 154 valence electrons. The number of rotatable bonds is 4. The van der Waals surface area contributed by atoms with E-state index in [-0.39, 0.29) is 23.8 Å². The molecule has 2 aliphatic rings. The van der Waals surface area contributed by atoms with Gasteiger partial charge < -0.3 is 14.2 Å². The Balaban J connectivity index is 1.49. The van der Waals surface area contributed by atoms with Crippen LogP contribution in [0.5, 0.6) is 0 Å². The van der Waals surface area contributed by atoms with E-state index in [1.165, 1.54) is 0 Å². The zero-order chi connectivity index (χ0) is 21.1. The number of hydrogen-bond acceptors (Lipinski definition) is 3. The molecule has 1 aromatic heterocycles. The highest BCUT2D eigenvalue weighted by atomic mass is 16.6. The Hall–Kier alpha value is -3.34. The monoisotopic (exact) mass is 402 g/mol. The number of amides is 1. The van der Waals surface area contributed by atoms with E-state index >= 15 is 0 Å². The van der Waals surface area contributed by atoms with Crippen LogP contribution < -0.4 is 5.56 Å². The Morgan fingerprint density at radius 2 is 1.90 bits per heavy atom. The maximum atomic E-state index is 12.7. The predicted octanol–water partition coefficient (Wildman–Crippen LogP) is 4.63. The van der Waals surface area contributed by atoms with Gasteiger partial charge in [-0.05, 0) is 41.7 Å². The van der Waals surface area contributed by atoms with Crippen molar-refractivity contribution in [2.75, 3.05) is 6.54 Å². The predicted molar refractivity (Wildman–Crippen MR) is 118 cm³/mol. The highest BCUT2D eigenvalue weighted by Gasteiger charge is 2.32. The Morgan fingerprint density at radius 1 is 1.10 bits per heavy atom. The fraction of sp³-hybridized carbons (Fsp3) is 0.280. The van der Waals surface area contributed by atoms with E-state index in [1.807, 2.05) is 55.5 Å². The van der Waals surface area contributed by atoms with E-state index in [0.717, 1.165) is 35.1 Å². The summed E-state index contributed by atoms with van der Waals surface area (Å²) < 4.78 is 7.29. The number of aromatic nitrogens is 1. The molecule has 2 aromatic rings. The van der Waals surface area contributed by atoms with Gasteiger partial charge in [-0.15, -0.1) is 0 Å². The largest absolute Gasteiger partial charge is 0.441 e. The third-order valence-corrected chi connectivity index (χ3v) is 5.85. The number of pyridine rings is 1. The van der Waals surface area contributed by atoms with Crippen molar-refractivity contribution >= 4 is 11.7 Å². The summed E-state index contributed by atoms with van der Waals surface area (Å²) in [6.45, 7) is 2.70. The maximum Gasteiger partial charge on any atom is 0.410 e. The quantitative estimate of drug-likeness (QED) is 0.749. The zero-order valence-electron chi connectivity index (χ0n) is 17.3. The van der Waals surface area contributed by atoms with Gasteiger partial charge in [0.15, 0.2) is 0 Å². The summed E-state index contributed by atoms with van der Waals surface area (Å²) in [6.07, 6.45) is 11.0. The van der Waals surface area contributed by atoms with E-state index in [1.54, 1.807) is 28.8 Å². The summed E-state index contributed by atoms with van der Waals surface area (Å²) in [4.78, 5) is 26.5. The number of hydrogen-bond donors (Lipinski definition) is 0. The minimum absolute atomic E-state index is 0.0346. The van der Waals surface area contributed by atoms with E-state index in [4.69, 9.17) is 4.74 Å². The molecule has 0 saturated carbocycles. The lowest BCUT2D eigenvalue weighted by molar-refractivity contribution is 0.0167. The van der Waals surface area contributed by atoms with Gasteiger partial charge in [-0.25, -0.2) is 4.79 Å².